The summed E-state index contributed by atoms with van der Waals surface area (Å²) in [7, 11) is 1.70. The Labute approximate surface area is 175 Å². The van der Waals surface area contributed by atoms with Crippen molar-refractivity contribution in [3.63, 3.8) is 0 Å². The second-order valence-electron chi connectivity index (χ2n) is 5.16. The number of carbonyl (C=O) groups is 1. The van der Waals surface area contributed by atoms with Crippen LogP contribution >= 0.6 is 35.6 Å². The minimum atomic E-state index is -0.145. The first-order valence-electron chi connectivity index (χ1n) is 7.92. The van der Waals surface area contributed by atoms with Crippen LogP contribution in [0.15, 0.2) is 47.8 Å². The van der Waals surface area contributed by atoms with E-state index in [1.165, 1.54) is 6.20 Å². The molecule has 0 radical (unpaired) electrons. The summed E-state index contributed by atoms with van der Waals surface area (Å²) in [6.45, 7) is 1.76. The first-order valence-corrected chi connectivity index (χ1v) is 8.30. The van der Waals surface area contributed by atoms with Gasteiger partial charge < -0.3 is 16.0 Å². The molecule has 0 unspecified atom stereocenters. The highest BCUT2D eigenvalue weighted by molar-refractivity contribution is 14.0. The van der Waals surface area contributed by atoms with E-state index in [4.69, 9.17) is 11.6 Å². The first kappa shape index (κ1) is 22.1. The quantitative estimate of drug-likeness (QED) is 0.182. The van der Waals surface area contributed by atoms with Crippen LogP contribution in [0.3, 0.4) is 0 Å². The lowest BCUT2D eigenvalue weighted by atomic mass is 10.2. The standard InChI is InChI=1S/C17H21ClN6O.HI/c1-19-17(22-8-6-13-4-5-15(18)24-11-13)23-10-9-21-16(25)14-3-2-7-20-12-14;/h2-5,7,11-12H,6,8-10H2,1H3,(H,21,25)(H2,19,22,23);1H. The van der Waals surface area contributed by atoms with Crippen molar-refractivity contribution in [3.05, 3.63) is 59.1 Å². The molecule has 3 N–H and O–H groups in total. The number of aromatic nitrogens is 2. The second-order valence-corrected chi connectivity index (χ2v) is 5.55. The number of hydrogen-bond acceptors (Lipinski definition) is 4. The van der Waals surface area contributed by atoms with Gasteiger partial charge in [-0.25, -0.2) is 4.98 Å². The molecule has 0 spiro atoms. The predicted molar refractivity (Wildman–Crippen MR) is 114 cm³/mol. The Kier molecular flexibility index (Phi) is 10.6. The first-order chi connectivity index (χ1) is 12.2. The van der Waals surface area contributed by atoms with Crippen LogP contribution in [0.1, 0.15) is 15.9 Å². The van der Waals surface area contributed by atoms with Gasteiger partial charge in [-0.05, 0) is 30.2 Å². The lowest BCUT2D eigenvalue weighted by Crippen LogP contribution is -2.42. The highest BCUT2D eigenvalue weighted by Crippen LogP contribution is 2.05. The zero-order valence-electron chi connectivity index (χ0n) is 14.4. The predicted octanol–water partition coefficient (Wildman–Crippen LogP) is 1.89. The smallest absolute Gasteiger partial charge is 0.252 e. The number of guanidine groups is 1. The van der Waals surface area contributed by atoms with Crippen LogP contribution in [-0.4, -0.2) is 48.5 Å². The van der Waals surface area contributed by atoms with E-state index in [9.17, 15) is 4.79 Å². The van der Waals surface area contributed by atoms with Gasteiger partial charge in [-0.2, -0.15) is 0 Å². The number of amides is 1. The number of carbonyl (C=O) groups excluding carboxylic acids is 1. The van der Waals surface area contributed by atoms with Gasteiger partial charge in [0.25, 0.3) is 5.91 Å². The van der Waals surface area contributed by atoms with E-state index in [1.807, 2.05) is 6.07 Å². The van der Waals surface area contributed by atoms with Gasteiger partial charge in [-0.1, -0.05) is 17.7 Å². The Balaban J connectivity index is 0.00000338. The van der Waals surface area contributed by atoms with E-state index in [0.717, 1.165) is 12.0 Å². The van der Waals surface area contributed by atoms with E-state index in [0.29, 0.717) is 36.3 Å². The van der Waals surface area contributed by atoms with E-state index < -0.39 is 0 Å². The molecule has 9 heteroatoms. The molecule has 0 atom stereocenters. The average molecular weight is 489 g/mol. The van der Waals surface area contributed by atoms with Crippen molar-refractivity contribution in [3.8, 4) is 0 Å². The third kappa shape index (κ3) is 7.96. The molecule has 0 bridgehead atoms. The van der Waals surface area contributed by atoms with E-state index in [2.05, 4.69) is 30.9 Å². The summed E-state index contributed by atoms with van der Waals surface area (Å²) in [4.78, 5) is 24.0. The van der Waals surface area contributed by atoms with Crippen LogP contribution in [0.25, 0.3) is 0 Å². The summed E-state index contributed by atoms with van der Waals surface area (Å²) < 4.78 is 0. The average Bonchev–Trinajstić information content (AvgIpc) is 2.65. The molecule has 2 heterocycles. The van der Waals surface area contributed by atoms with Crippen LogP contribution in [0.4, 0.5) is 0 Å². The Hall–Kier alpha value is -1.94. The molecule has 26 heavy (non-hydrogen) atoms. The summed E-state index contributed by atoms with van der Waals surface area (Å²) in [5, 5.41) is 9.66. The molecule has 2 aromatic rings. The van der Waals surface area contributed by atoms with Crippen LogP contribution in [0.2, 0.25) is 5.15 Å². The molecule has 0 saturated carbocycles. The van der Waals surface area contributed by atoms with Crippen molar-refractivity contribution in [2.24, 2.45) is 4.99 Å². The molecule has 0 aliphatic heterocycles. The van der Waals surface area contributed by atoms with Crippen molar-refractivity contribution < 1.29 is 4.79 Å². The Morgan fingerprint density at radius 2 is 1.88 bits per heavy atom. The highest BCUT2D eigenvalue weighted by atomic mass is 127. The summed E-state index contributed by atoms with van der Waals surface area (Å²) in [5.41, 5.74) is 1.64. The molecule has 7 nitrogen and oxygen atoms in total. The highest BCUT2D eigenvalue weighted by Gasteiger charge is 2.04. The van der Waals surface area contributed by atoms with E-state index in [1.54, 1.807) is 37.6 Å². The molecule has 0 aliphatic carbocycles. The monoisotopic (exact) mass is 488 g/mol. The van der Waals surface area contributed by atoms with Crippen molar-refractivity contribution in [2.75, 3.05) is 26.7 Å². The van der Waals surface area contributed by atoms with Crippen LogP contribution in [0, 0.1) is 0 Å². The fourth-order valence-electron chi connectivity index (χ4n) is 2.06. The van der Waals surface area contributed by atoms with Crippen LogP contribution in [-0.2, 0) is 6.42 Å². The van der Waals surface area contributed by atoms with Gasteiger partial charge in [0, 0.05) is 45.3 Å². The lowest BCUT2D eigenvalue weighted by Gasteiger charge is -2.12. The number of nitrogens with zero attached hydrogens (tertiary/aromatic N) is 3. The number of aliphatic imine (C=N–C) groups is 1. The van der Waals surface area contributed by atoms with Gasteiger partial charge in [-0.15, -0.1) is 24.0 Å². The molecule has 2 aromatic heterocycles. The summed E-state index contributed by atoms with van der Waals surface area (Å²) in [6, 6.07) is 7.17. The minimum Gasteiger partial charge on any atom is -0.356 e. The Morgan fingerprint density at radius 3 is 2.54 bits per heavy atom. The Morgan fingerprint density at radius 1 is 1.12 bits per heavy atom. The molecule has 140 valence electrons. The van der Waals surface area contributed by atoms with Crippen molar-refractivity contribution >= 4 is 47.4 Å². The summed E-state index contributed by atoms with van der Waals surface area (Å²) in [6.07, 6.45) is 5.74. The van der Waals surface area contributed by atoms with Crippen LogP contribution in [0.5, 0.6) is 0 Å². The van der Waals surface area contributed by atoms with Crippen molar-refractivity contribution in [2.45, 2.75) is 6.42 Å². The lowest BCUT2D eigenvalue weighted by molar-refractivity contribution is 0.0954. The Bertz CT molecular complexity index is 696. The second kappa shape index (κ2) is 12.4. The normalized spacial score (nSPS) is 10.6. The molecule has 0 aromatic carbocycles. The maximum atomic E-state index is 11.9. The third-order valence-electron chi connectivity index (χ3n) is 3.35. The molecular weight excluding hydrogens is 467 g/mol. The van der Waals surface area contributed by atoms with Gasteiger partial charge >= 0.3 is 0 Å². The van der Waals surface area contributed by atoms with Gasteiger partial charge in [-0.3, -0.25) is 14.8 Å². The molecule has 0 aliphatic rings. The minimum absolute atomic E-state index is 0. The largest absolute Gasteiger partial charge is 0.356 e. The fraction of sp³-hybridized carbons (Fsp3) is 0.294. The summed E-state index contributed by atoms with van der Waals surface area (Å²) >= 11 is 5.76. The van der Waals surface area contributed by atoms with Crippen LogP contribution < -0.4 is 16.0 Å². The fourth-order valence-corrected chi connectivity index (χ4v) is 2.17. The number of halogens is 2. The maximum absolute atomic E-state index is 11.9. The zero-order chi connectivity index (χ0) is 17.9. The number of nitrogens with one attached hydrogen (secondary N) is 3. The topological polar surface area (TPSA) is 91.3 Å². The molecule has 0 saturated heterocycles. The van der Waals surface area contributed by atoms with Crippen molar-refractivity contribution in [1.29, 1.82) is 0 Å². The maximum Gasteiger partial charge on any atom is 0.252 e. The van der Waals surface area contributed by atoms with Gasteiger partial charge in [0.2, 0.25) is 0 Å². The molecule has 2 rings (SSSR count). The molecule has 0 fully saturated rings. The zero-order valence-corrected chi connectivity index (χ0v) is 17.5. The number of pyridine rings is 2. The van der Waals surface area contributed by atoms with Gasteiger partial charge in [0.15, 0.2) is 5.96 Å². The SMILES string of the molecule is CN=C(NCCNC(=O)c1cccnc1)NCCc1ccc(Cl)nc1.I. The van der Waals surface area contributed by atoms with E-state index in [-0.39, 0.29) is 29.9 Å². The van der Waals surface area contributed by atoms with E-state index >= 15 is 0 Å². The number of hydrogen-bond donors (Lipinski definition) is 3. The number of rotatable bonds is 7. The summed E-state index contributed by atoms with van der Waals surface area (Å²) in [5.74, 6) is 0.533. The van der Waals surface area contributed by atoms with Gasteiger partial charge in [0.1, 0.15) is 5.15 Å². The third-order valence-corrected chi connectivity index (χ3v) is 3.57. The van der Waals surface area contributed by atoms with Crippen molar-refractivity contribution in [1.82, 2.24) is 25.9 Å². The molecule has 1 amide bonds. The van der Waals surface area contributed by atoms with Gasteiger partial charge in [0.05, 0.1) is 5.56 Å². The molecular formula is C17H22ClIN6O.